The standard InChI is InChI=1S/C58H58O11/c1-61-35-66-51-25-21-41-15-5-7-17-47(41)53(51)55-48-18-8-6-16-42(48)31-45(57(55)68-37-63-3)33-65-34-46-32-44-30-40(14-10-12-28-60)20-24-50(44)56(58(46)69-38-64-4)54-49-23-19-39(13-9-11-27-59)29-43(49)22-26-52(54)67-36-62-2/h5-8,15-32H,9-14,33-38H2,1-4H3. The average molecular weight is 931 g/mol. The molecule has 69 heavy (non-hydrogen) atoms. The van der Waals surface area contributed by atoms with Crippen molar-refractivity contribution < 1.29 is 52.2 Å². The van der Waals surface area contributed by atoms with Crippen molar-refractivity contribution in [3.8, 4) is 45.3 Å². The lowest BCUT2D eigenvalue weighted by Crippen LogP contribution is -2.08. The first kappa shape index (κ1) is 48.6. The van der Waals surface area contributed by atoms with Crippen molar-refractivity contribution in [1.82, 2.24) is 0 Å². The number of carbonyl (C=O) groups excluding carboxylic acids is 2. The van der Waals surface area contributed by atoms with Crippen molar-refractivity contribution in [2.45, 2.75) is 51.7 Å². The fourth-order valence-electron chi connectivity index (χ4n) is 9.13. The minimum Gasteiger partial charge on any atom is -0.467 e. The van der Waals surface area contributed by atoms with Crippen LogP contribution in [0.5, 0.6) is 23.0 Å². The quantitative estimate of drug-likeness (QED) is 0.0293. The molecule has 356 valence electrons. The van der Waals surface area contributed by atoms with E-state index >= 15 is 0 Å². The molecule has 8 aromatic rings. The molecule has 0 aliphatic rings. The molecular weight excluding hydrogens is 873 g/mol. The molecule has 11 heteroatoms. The number of ether oxygens (including phenoxy) is 9. The summed E-state index contributed by atoms with van der Waals surface area (Å²) in [5.74, 6) is 2.44. The van der Waals surface area contributed by atoms with Gasteiger partial charge in [-0.25, -0.2) is 0 Å². The number of aryl methyl sites for hydroxylation is 2. The third kappa shape index (κ3) is 11.0. The van der Waals surface area contributed by atoms with Gasteiger partial charge in [0.15, 0.2) is 27.2 Å². The van der Waals surface area contributed by atoms with E-state index in [1.165, 1.54) is 0 Å². The number of unbranched alkanes of at least 4 members (excludes halogenated alkanes) is 2. The summed E-state index contributed by atoms with van der Waals surface area (Å²) in [5.41, 5.74) is 7.17. The molecular formula is C58H58O11. The van der Waals surface area contributed by atoms with Crippen LogP contribution in [-0.2, 0) is 59.3 Å². The van der Waals surface area contributed by atoms with E-state index in [0.29, 0.717) is 35.8 Å². The lowest BCUT2D eigenvalue weighted by atomic mass is 9.88. The van der Waals surface area contributed by atoms with Crippen LogP contribution in [0.2, 0.25) is 0 Å². The van der Waals surface area contributed by atoms with E-state index in [4.69, 9.17) is 42.6 Å². The number of carbonyl (C=O) groups is 2. The molecule has 0 radical (unpaired) electrons. The second kappa shape index (κ2) is 23.9. The smallest absolute Gasteiger partial charge is 0.188 e. The van der Waals surface area contributed by atoms with Crippen LogP contribution < -0.4 is 18.9 Å². The summed E-state index contributed by atoms with van der Waals surface area (Å²) in [6, 6.07) is 41.5. The van der Waals surface area contributed by atoms with E-state index in [9.17, 15) is 9.59 Å². The van der Waals surface area contributed by atoms with E-state index in [1.807, 2.05) is 42.5 Å². The minimum absolute atomic E-state index is 0.00562. The summed E-state index contributed by atoms with van der Waals surface area (Å²) in [6.45, 7) is 0.342. The lowest BCUT2D eigenvalue weighted by molar-refractivity contribution is -0.108. The molecule has 0 aromatic heterocycles. The summed E-state index contributed by atoms with van der Waals surface area (Å²) in [5, 5.41) is 7.85. The summed E-state index contributed by atoms with van der Waals surface area (Å²) in [6.07, 6.45) is 5.93. The zero-order valence-electron chi connectivity index (χ0n) is 39.7. The number of benzene rings is 8. The van der Waals surface area contributed by atoms with Crippen LogP contribution in [0.3, 0.4) is 0 Å². The van der Waals surface area contributed by atoms with Gasteiger partial charge in [-0.15, -0.1) is 0 Å². The van der Waals surface area contributed by atoms with Gasteiger partial charge in [-0.2, -0.15) is 0 Å². The highest BCUT2D eigenvalue weighted by atomic mass is 16.7. The molecule has 0 aliphatic carbocycles. The zero-order chi connectivity index (χ0) is 48.0. The van der Waals surface area contributed by atoms with Crippen molar-refractivity contribution >= 4 is 55.7 Å². The van der Waals surface area contributed by atoms with Crippen molar-refractivity contribution in [3.63, 3.8) is 0 Å². The largest absolute Gasteiger partial charge is 0.467 e. The molecule has 0 saturated heterocycles. The fraction of sp³-hybridized carbons (Fsp3) is 0.276. The van der Waals surface area contributed by atoms with E-state index < -0.39 is 0 Å². The molecule has 0 aliphatic heterocycles. The average Bonchev–Trinajstić information content (AvgIpc) is 3.38. The minimum atomic E-state index is -0.0310. The summed E-state index contributed by atoms with van der Waals surface area (Å²) < 4.78 is 54.7. The fourth-order valence-corrected chi connectivity index (χ4v) is 9.13. The third-order valence-corrected chi connectivity index (χ3v) is 12.1. The Morgan fingerprint density at radius 1 is 0.406 bits per heavy atom. The predicted molar refractivity (Wildman–Crippen MR) is 270 cm³/mol. The topological polar surface area (TPSA) is 117 Å². The van der Waals surface area contributed by atoms with Crippen molar-refractivity contribution in [2.24, 2.45) is 0 Å². The number of fused-ring (bicyclic) bond motifs is 4. The summed E-state index contributed by atoms with van der Waals surface area (Å²) >= 11 is 0. The van der Waals surface area contributed by atoms with Gasteiger partial charge in [0.2, 0.25) is 0 Å². The molecule has 0 atom stereocenters. The first-order valence-corrected chi connectivity index (χ1v) is 23.1. The molecule has 0 fully saturated rings. The number of rotatable bonds is 26. The number of hydrogen-bond acceptors (Lipinski definition) is 11. The summed E-state index contributed by atoms with van der Waals surface area (Å²) in [7, 11) is 6.40. The Hall–Kier alpha value is -6.86. The van der Waals surface area contributed by atoms with E-state index in [-0.39, 0.29) is 40.4 Å². The van der Waals surface area contributed by atoms with Crippen molar-refractivity contribution in [3.05, 3.63) is 144 Å². The van der Waals surface area contributed by atoms with E-state index in [1.54, 1.807) is 28.4 Å². The van der Waals surface area contributed by atoms with Gasteiger partial charge in [0, 0.05) is 74.7 Å². The molecule has 0 heterocycles. The maximum absolute atomic E-state index is 11.3. The first-order valence-electron chi connectivity index (χ1n) is 23.1. The Labute approximate surface area is 402 Å². The number of aldehydes is 2. The number of methoxy groups -OCH3 is 4. The first-order chi connectivity index (χ1) is 34.0. The Kier molecular flexibility index (Phi) is 16.8. The van der Waals surface area contributed by atoms with Gasteiger partial charge < -0.3 is 52.2 Å². The normalized spacial score (nSPS) is 11.4. The van der Waals surface area contributed by atoms with E-state index in [2.05, 4.69) is 78.9 Å². The monoisotopic (exact) mass is 930 g/mol. The SMILES string of the molecule is COCOc1ccc2ccccc2c1-c1c(OCOC)c(COCc2cc3cc(CCCC=O)ccc3c(-c3c(OCOC)ccc4cc(CCCC=O)ccc34)c2OCOC)cc2ccccc12. The Balaban J connectivity index is 1.30. The van der Waals surface area contributed by atoms with Gasteiger partial charge in [0.05, 0.1) is 13.2 Å². The molecule has 0 spiro atoms. The molecule has 0 unspecified atom stereocenters. The predicted octanol–water partition coefficient (Wildman–Crippen LogP) is 12.3. The van der Waals surface area contributed by atoms with Gasteiger partial charge >= 0.3 is 0 Å². The Morgan fingerprint density at radius 2 is 0.826 bits per heavy atom. The molecule has 0 amide bonds. The molecule has 0 bridgehead atoms. The van der Waals surface area contributed by atoms with Crippen LogP contribution in [0.25, 0.3) is 65.3 Å². The van der Waals surface area contributed by atoms with Gasteiger partial charge in [0.1, 0.15) is 35.6 Å². The Morgan fingerprint density at radius 3 is 1.36 bits per heavy atom. The third-order valence-electron chi connectivity index (χ3n) is 12.1. The second-order valence-corrected chi connectivity index (χ2v) is 16.7. The van der Waals surface area contributed by atoms with Crippen LogP contribution in [0, 0.1) is 0 Å². The maximum atomic E-state index is 11.3. The van der Waals surface area contributed by atoms with Gasteiger partial charge in [0.25, 0.3) is 0 Å². The van der Waals surface area contributed by atoms with Crippen LogP contribution in [0.15, 0.2) is 121 Å². The highest BCUT2D eigenvalue weighted by Gasteiger charge is 2.26. The molecule has 8 rings (SSSR count). The highest BCUT2D eigenvalue weighted by molar-refractivity contribution is 6.12. The highest BCUT2D eigenvalue weighted by Crippen LogP contribution is 2.50. The molecule has 0 saturated carbocycles. The van der Waals surface area contributed by atoms with Crippen LogP contribution in [-0.4, -0.2) is 68.2 Å². The van der Waals surface area contributed by atoms with Crippen LogP contribution >= 0.6 is 0 Å². The number of hydrogen-bond donors (Lipinski definition) is 0. The van der Waals surface area contributed by atoms with Gasteiger partial charge in [-0.1, -0.05) is 97.1 Å². The van der Waals surface area contributed by atoms with Crippen molar-refractivity contribution in [1.29, 1.82) is 0 Å². The lowest BCUT2D eigenvalue weighted by Gasteiger charge is -2.23. The zero-order valence-corrected chi connectivity index (χ0v) is 39.7. The van der Waals surface area contributed by atoms with Crippen molar-refractivity contribution in [2.75, 3.05) is 55.6 Å². The Bertz CT molecular complexity index is 3050. The molecule has 0 N–H and O–H groups in total. The second-order valence-electron chi connectivity index (χ2n) is 16.7. The van der Waals surface area contributed by atoms with Gasteiger partial charge in [-0.05, 0) is 104 Å². The van der Waals surface area contributed by atoms with E-state index in [0.717, 1.165) is 126 Å². The maximum Gasteiger partial charge on any atom is 0.188 e. The van der Waals surface area contributed by atoms with Crippen LogP contribution in [0.1, 0.15) is 47.9 Å². The van der Waals surface area contributed by atoms with Gasteiger partial charge in [-0.3, -0.25) is 0 Å². The molecule has 8 aromatic carbocycles. The van der Waals surface area contributed by atoms with Crippen LogP contribution in [0.4, 0.5) is 0 Å². The molecule has 11 nitrogen and oxygen atoms in total. The summed E-state index contributed by atoms with van der Waals surface area (Å²) in [4.78, 5) is 22.5.